The Hall–Kier alpha value is -1.45. The molecule has 0 unspecified atom stereocenters. The van der Waals surface area contributed by atoms with Crippen molar-refractivity contribution in [3.05, 3.63) is 47.1 Å². The summed E-state index contributed by atoms with van der Waals surface area (Å²) in [6.45, 7) is 13.4. The molecule has 0 heterocycles. The van der Waals surface area contributed by atoms with E-state index in [-0.39, 0.29) is 17.1 Å². The Kier molecular flexibility index (Phi) is 5.54. The van der Waals surface area contributed by atoms with E-state index in [0.717, 1.165) is 29.6 Å². The van der Waals surface area contributed by atoms with Gasteiger partial charge >= 0.3 is 0 Å². The van der Waals surface area contributed by atoms with E-state index in [4.69, 9.17) is 0 Å². The minimum atomic E-state index is -1.03. The number of carbonyl (C=O) groups is 1. The Morgan fingerprint density at radius 3 is 2.45 bits per heavy atom. The molecule has 0 spiro atoms. The van der Waals surface area contributed by atoms with E-state index in [2.05, 4.69) is 53.7 Å². The number of aliphatic hydroxyl groups is 2. The number of aliphatic hydroxyl groups excluding tert-OH is 1. The van der Waals surface area contributed by atoms with E-state index < -0.39 is 17.1 Å². The molecule has 0 saturated heterocycles. The third kappa shape index (κ3) is 3.26. The van der Waals surface area contributed by atoms with Crippen molar-refractivity contribution in [1.82, 2.24) is 0 Å². The Bertz CT molecular complexity index is 890. The molecule has 4 rings (SSSR count). The molecule has 0 amide bonds. The number of carbonyl (C=O) groups excluding carboxylic acids is 1. The Balaban J connectivity index is 1.75. The Labute approximate surface area is 188 Å². The largest absolute Gasteiger partial charge is 0.389 e. The second-order valence-corrected chi connectivity index (χ2v) is 11.5. The zero-order valence-corrected chi connectivity index (χ0v) is 20.1. The lowest BCUT2D eigenvalue weighted by Gasteiger charge is -2.56. The number of fused-ring (bicyclic) bond motifs is 4. The van der Waals surface area contributed by atoms with Crippen molar-refractivity contribution in [3.63, 3.8) is 0 Å². The maximum atomic E-state index is 13.4. The summed E-state index contributed by atoms with van der Waals surface area (Å²) in [5.74, 6) is 1.94. The topological polar surface area (TPSA) is 57.5 Å². The first-order chi connectivity index (χ1) is 14.4. The van der Waals surface area contributed by atoms with Gasteiger partial charge < -0.3 is 10.2 Å². The Morgan fingerprint density at radius 2 is 1.77 bits per heavy atom. The molecule has 3 heteroatoms. The molecule has 1 saturated carbocycles. The molecule has 170 valence electrons. The minimum absolute atomic E-state index is 0.195. The first-order valence-corrected chi connectivity index (χ1v) is 12.2. The molecule has 0 radical (unpaired) electrons. The van der Waals surface area contributed by atoms with Gasteiger partial charge in [0.05, 0.1) is 11.7 Å². The van der Waals surface area contributed by atoms with Crippen LogP contribution in [0.5, 0.6) is 0 Å². The summed E-state index contributed by atoms with van der Waals surface area (Å²) >= 11 is 0. The van der Waals surface area contributed by atoms with Crippen LogP contribution in [0.1, 0.15) is 73.6 Å². The zero-order valence-electron chi connectivity index (χ0n) is 20.1. The molecule has 4 aliphatic carbocycles. The molecule has 1 fully saturated rings. The lowest BCUT2D eigenvalue weighted by atomic mass is 9.51. The van der Waals surface area contributed by atoms with Gasteiger partial charge in [0.15, 0.2) is 5.78 Å². The van der Waals surface area contributed by atoms with Crippen molar-refractivity contribution < 1.29 is 15.0 Å². The van der Waals surface area contributed by atoms with Gasteiger partial charge in [0.1, 0.15) is 0 Å². The minimum Gasteiger partial charge on any atom is -0.389 e. The highest BCUT2D eigenvalue weighted by Gasteiger charge is 2.61. The van der Waals surface area contributed by atoms with Gasteiger partial charge in [-0.2, -0.15) is 0 Å². The maximum Gasteiger partial charge on any atom is 0.160 e. The van der Waals surface area contributed by atoms with Gasteiger partial charge in [-0.3, -0.25) is 4.79 Å². The predicted octanol–water partition coefficient (Wildman–Crippen LogP) is 5.54. The van der Waals surface area contributed by atoms with E-state index in [1.54, 1.807) is 0 Å². The van der Waals surface area contributed by atoms with Crippen molar-refractivity contribution in [2.45, 2.75) is 85.4 Å². The van der Waals surface area contributed by atoms with Gasteiger partial charge in [0, 0.05) is 22.8 Å². The number of hydrogen-bond donors (Lipinski definition) is 2. The third-order valence-electron chi connectivity index (χ3n) is 9.49. The molecule has 31 heavy (non-hydrogen) atoms. The molecule has 7 atom stereocenters. The fraction of sp³-hybridized carbons (Fsp3) is 0.679. The molecule has 4 aliphatic rings. The molecule has 0 bridgehead atoms. The van der Waals surface area contributed by atoms with Crippen LogP contribution in [0.2, 0.25) is 0 Å². The summed E-state index contributed by atoms with van der Waals surface area (Å²) in [5, 5.41) is 22.2. The average molecular weight is 425 g/mol. The predicted molar refractivity (Wildman–Crippen MR) is 125 cm³/mol. The molecule has 0 aromatic carbocycles. The quantitative estimate of drug-likeness (QED) is 0.582. The van der Waals surface area contributed by atoms with Crippen LogP contribution in [0, 0.1) is 34.5 Å². The summed E-state index contributed by atoms with van der Waals surface area (Å²) in [5.41, 5.74) is 1.09. The van der Waals surface area contributed by atoms with Crippen molar-refractivity contribution in [1.29, 1.82) is 0 Å². The SMILES string of the molecule is CC(C)[C@@H](C)/C=C/[C@@H](C)[C@H]1CC(=O)C2=C3C=CC4=C[C@@H](O)CC[C@]4(C)[C@@]3(O)CC[C@@]21C. The number of Topliss-reactive ketones (excluding diaryl/α,β-unsaturated/α-hetero) is 1. The number of allylic oxidation sites excluding steroid dienone is 4. The summed E-state index contributed by atoms with van der Waals surface area (Å²) in [6, 6.07) is 0. The van der Waals surface area contributed by atoms with Crippen LogP contribution in [0.4, 0.5) is 0 Å². The van der Waals surface area contributed by atoms with Gasteiger partial charge in [-0.1, -0.05) is 71.9 Å². The normalized spacial score (nSPS) is 41.8. The van der Waals surface area contributed by atoms with Crippen LogP contribution in [-0.4, -0.2) is 27.7 Å². The lowest BCUT2D eigenvalue weighted by molar-refractivity contribution is -0.115. The molecule has 0 aromatic rings. The van der Waals surface area contributed by atoms with E-state index in [1.807, 2.05) is 18.2 Å². The van der Waals surface area contributed by atoms with Crippen molar-refractivity contribution >= 4 is 5.78 Å². The summed E-state index contributed by atoms with van der Waals surface area (Å²) in [4.78, 5) is 13.4. The van der Waals surface area contributed by atoms with Gasteiger partial charge in [-0.15, -0.1) is 0 Å². The standard InChI is InChI=1S/C28H40O3/c1-17(2)18(3)7-8-19(4)23-16-24(30)25-22-10-9-20-15-21(29)11-12-27(20,6)28(22,31)14-13-26(23,25)5/h7-10,15,17-19,21,23,29,31H,11-14,16H2,1-6H3/b8-7+/t18-,19+,21-,23+,26+,27-,28+/m0/s1. The molecule has 3 nitrogen and oxygen atoms in total. The average Bonchev–Trinajstić information content (AvgIpc) is 2.98. The first-order valence-electron chi connectivity index (χ1n) is 12.2. The van der Waals surface area contributed by atoms with Crippen LogP contribution in [0.15, 0.2) is 47.1 Å². The number of rotatable bonds is 4. The van der Waals surface area contributed by atoms with E-state index in [9.17, 15) is 15.0 Å². The van der Waals surface area contributed by atoms with Crippen molar-refractivity contribution in [3.8, 4) is 0 Å². The number of ketones is 1. The van der Waals surface area contributed by atoms with Gasteiger partial charge in [0.25, 0.3) is 0 Å². The lowest BCUT2D eigenvalue weighted by Crippen LogP contribution is -2.55. The summed E-state index contributed by atoms with van der Waals surface area (Å²) < 4.78 is 0. The van der Waals surface area contributed by atoms with Crippen LogP contribution in [0.25, 0.3) is 0 Å². The second-order valence-electron chi connectivity index (χ2n) is 11.5. The van der Waals surface area contributed by atoms with Crippen molar-refractivity contribution in [2.24, 2.45) is 34.5 Å². The van der Waals surface area contributed by atoms with Crippen LogP contribution in [-0.2, 0) is 4.79 Å². The van der Waals surface area contributed by atoms with Crippen LogP contribution < -0.4 is 0 Å². The van der Waals surface area contributed by atoms with Crippen LogP contribution >= 0.6 is 0 Å². The highest BCUT2D eigenvalue weighted by molar-refractivity contribution is 6.01. The molecular weight excluding hydrogens is 384 g/mol. The maximum absolute atomic E-state index is 13.4. The summed E-state index contributed by atoms with van der Waals surface area (Å²) in [6.07, 6.45) is 13.6. The van der Waals surface area contributed by atoms with Crippen molar-refractivity contribution in [2.75, 3.05) is 0 Å². The smallest absolute Gasteiger partial charge is 0.160 e. The van der Waals surface area contributed by atoms with Gasteiger partial charge in [0.2, 0.25) is 0 Å². The molecule has 2 N–H and O–H groups in total. The molecule has 0 aromatic heterocycles. The fourth-order valence-corrected chi connectivity index (χ4v) is 6.76. The van der Waals surface area contributed by atoms with Gasteiger partial charge in [-0.05, 0) is 60.5 Å². The first kappa shape index (κ1) is 22.7. The van der Waals surface area contributed by atoms with Gasteiger partial charge in [-0.25, -0.2) is 0 Å². The zero-order chi connectivity index (χ0) is 22.8. The summed E-state index contributed by atoms with van der Waals surface area (Å²) in [7, 11) is 0. The monoisotopic (exact) mass is 424 g/mol. The fourth-order valence-electron chi connectivity index (χ4n) is 6.76. The highest BCUT2D eigenvalue weighted by Crippen LogP contribution is 2.64. The van der Waals surface area contributed by atoms with E-state index in [1.165, 1.54) is 0 Å². The highest BCUT2D eigenvalue weighted by atomic mass is 16.3. The number of hydrogen-bond acceptors (Lipinski definition) is 3. The molecule has 0 aliphatic heterocycles. The Morgan fingerprint density at radius 1 is 1.06 bits per heavy atom. The van der Waals surface area contributed by atoms with Crippen LogP contribution in [0.3, 0.4) is 0 Å². The van der Waals surface area contributed by atoms with E-state index in [0.29, 0.717) is 37.0 Å². The second kappa shape index (κ2) is 7.56. The molecular formula is C28H40O3. The third-order valence-corrected chi connectivity index (χ3v) is 9.49. The van der Waals surface area contributed by atoms with E-state index >= 15 is 0 Å².